The Labute approximate surface area is 42.6 Å². The first-order valence-corrected chi connectivity index (χ1v) is 3.23. The van der Waals surface area contributed by atoms with Crippen molar-refractivity contribution in [3.63, 3.8) is 0 Å². The van der Waals surface area contributed by atoms with E-state index in [1.165, 1.54) is 5.75 Å². The van der Waals surface area contributed by atoms with E-state index in [-0.39, 0.29) is 0 Å². The molecule has 0 saturated heterocycles. The van der Waals surface area contributed by atoms with E-state index in [4.69, 9.17) is 0 Å². The molecule has 0 N–H and O–H groups in total. The lowest BCUT2D eigenvalue weighted by molar-refractivity contribution is 1.27. The fraction of sp³-hybridized carbons (Fsp3) is 0.600. The molecule has 0 fully saturated rings. The minimum atomic E-state index is 0.782. The molecule has 6 heavy (non-hydrogen) atoms. The molecule has 1 heterocycles. The fourth-order valence-electron chi connectivity index (χ4n) is 0.510. The second-order valence-corrected chi connectivity index (χ2v) is 2.88. The van der Waals surface area contributed by atoms with Crippen LogP contribution in [-0.4, -0.2) is 11.0 Å². The summed E-state index contributed by atoms with van der Waals surface area (Å²) in [5, 5.41) is 0.782. The number of hydrogen-bond acceptors (Lipinski definition) is 1. The molecule has 0 amide bonds. The van der Waals surface area contributed by atoms with E-state index in [2.05, 4.69) is 19.1 Å². The van der Waals surface area contributed by atoms with Crippen LogP contribution in [0.4, 0.5) is 0 Å². The van der Waals surface area contributed by atoms with E-state index in [1.54, 1.807) is 0 Å². The van der Waals surface area contributed by atoms with Gasteiger partial charge >= 0.3 is 0 Å². The molecule has 0 aromatic rings. The third-order valence-electron chi connectivity index (χ3n) is 0.862. The lowest BCUT2D eigenvalue weighted by Crippen LogP contribution is -1.79. The van der Waals surface area contributed by atoms with E-state index in [0.29, 0.717) is 0 Å². The largest absolute Gasteiger partial charge is 0.151 e. The van der Waals surface area contributed by atoms with Crippen molar-refractivity contribution in [1.29, 1.82) is 0 Å². The molecule has 1 aliphatic heterocycles. The van der Waals surface area contributed by atoms with Crippen LogP contribution >= 0.6 is 11.8 Å². The van der Waals surface area contributed by atoms with Crippen LogP contribution in [0, 0.1) is 0 Å². The van der Waals surface area contributed by atoms with Gasteiger partial charge in [0.15, 0.2) is 0 Å². The van der Waals surface area contributed by atoms with E-state index < -0.39 is 0 Å². The smallest absolute Gasteiger partial charge is 0.0202 e. The minimum Gasteiger partial charge on any atom is -0.151 e. The fourth-order valence-corrected chi connectivity index (χ4v) is 1.26. The topological polar surface area (TPSA) is 0 Å². The molecule has 0 bridgehead atoms. The van der Waals surface area contributed by atoms with Gasteiger partial charge in [-0.2, -0.15) is 11.8 Å². The molecule has 1 aliphatic rings. The minimum absolute atomic E-state index is 0.782. The Bertz CT molecular complexity index is 66.3. The second-order valence-electron chi connectivity index (χ2n) is 1.47. The molecule has 0 unspecified atom stereocenters. The van der Waals surface area contributed by atoms with Crippen molar-refractivity contribution in [2.24, 2.45) is 0 Å². The average Bonchev–Trinajstić information content (AvgIpc) is 1.86. The van der Waals surface area contributed by atoms with Crippen molar-refractivity contribution >= 4 is 11.8 Å². The van der Waals surface area contributed by atoms with Gasteiger partial charge in [0, 0.05) is 11.0 Å². The first-order chi connectivity index (χ1) is 2.89. The molecule has 34 valence electrons. The Hall–Kier alpha value is 0.0900. The SMILES string of the molecule is C[C@@H]1C=CCS1. The van der Waals surface area contributed by atoms with Gasteiger partial charge in [0.2, 0.25) is 0 Å². The highest BCUT2D eigenvalue weighted by molar-refractivity contribution is 8.00. The van der Waals surface area contributed by atoms with Gasteiger partial charge in [0.1, 0.15) is 0 Å². The van der Waals surface area contributed by atoms with Crippen molar-refractivity contribution in [3.8, 4) is 0 Å². The second kappa shape index (κ2) is 1.69. The van der Waals surface area contributed by atoms with Crippen molar-refractivity contribution < 1.29 is 0 Å². The first kappa shape index (κ1) is 4.25. The van der Waals surface area contributed by atoms with Gasteiger partial charge in [0.05, 0.1) is 0 Å². The van der Waals surface area contributed by atoms with Gasteiger partial charge < -0.3 is 0 Å². The molecule has 0 aliphatic carbocycles. The monoisotopic (exact) mass is 100 g/mol. The molecule has 0 nitrogen and oxygen atoms in total. The lowest BCUT2D eigenvalue weighted by atomic mass is 10.4. The summed E-state index contributed by atoms with van der Waals surface area (Å²) in [6.07, 6.45) is 4.46. The molecule has 0 saturated carbocycles. The van der Waals surface area contributed by atoms with E-state index in [1.807, 2.05) is 11.8 Å². The first-order valence-electron chi connectivity index (χ1n) is 2.18. The number of hydrogen-bond donors (Lipinski definition) is 0. The zero-order valence-corrected chi connectivity index (χ0v) is 4.66. The highest BCUT2D eigenvalue weighted by Gasteiger charge is 1.99. The van der Waals surface area contributed by atoms with Gasteiger partial charge in [-0.15, -0.1) is 0 Å². The van der Waals surface area contributed by atoms with E-state index in [9.17, 15) is 0 Å². The van der Waals surface area contributed by atoms with Crippen molar-refractivity contribution in [2.75, 3.05) is 5.75 Å². The number of rotatable bonds is 0. The summed E-state index contributed by atoms with van der Waals surface area (Å²) < 4.78 is 0. The number of thioether (sulfide) groups is 1. The van der Waals surface area contributed by atoms with Crippen LogP contribution in [0.3, 0.4) is 0 Å². The normalized spacial score (nSPS) is 31.8. The molecule has 1 heteroatoms. The third-order valence-corrected chi connectivity index (χ3v) is 1.93. The molecule has 0 aromatic heterocycles. The molecule has 0 radical (unpaired) electrons. The van der Waals surface area contributed by atoms with Crippen molar-refractivity contribution in [1.82, 2.24) is 0 Å². The Morgan fingerprint density at radius 3 is 2.83 bits per heavy atom. The summed E-state index contributed by atoms with van der Waals surface area (Å²) in [7, 11) is 0. The van der Waals surface area contributed by atoms with Gasteiger partial charge in [0.25, 0.3) is 0 Å². The molecule has 1 rings (SSSR count). The molecule has 0 spiro atoms. The standard InChI is InChI=1S/C5H8S/c1-5-3-2-4-6-5/h2-3,5H,4H2,1H3/t5-/m1/s1. The zero-order chi connectivity index (χ0) is 4.41. The molecule has 1 atom stereocenters. The molecule has 0 aromatic carbocycles. The van der Waals surface area contributed by atoms with Crippen molar-refractivity contribution in [3.05, 3.63) is 12.2 Å². The van der Waals surface area contributed by atoms with Crippen LogP contribution in [0.15, 0.2) is 12.2 Å². The molecular formula is C5H8S. The quantitative estimate of drug-likeness (QED) is 0.417. The Morgan fingerprint density at radius 1 is 1.83 bits per heavy atom. The summed E-state index contributed by atoms with van der Waals surface area (Å²) in [5.41, 5.74) is 0. The van der Waals surface area contributed by atoms with Crippen LogP contribution in [-0.2, 0) is 0 Å². The van der Waals surface area contributed by atoms with Gasteiger partial charge in [-0.25, -0.2) is 0 Å². The maximum absolute atomic E-state index is 2.24. The van der Waals surface area contributed by atoms with Crippen LogP contribution in [0.5, 0.6) is 0 Å². The maximum Gasteiger partial charge on any atom is 0.0202 e. The van der Waals surface area contributed by atoms with E-state index >= 15 is 0 Å². The van der Waals surface area contributed by atoms with Gasteiger partial charge in [-0.1, -0.05) is 12.2 Å². The van der Waals surface area contributed by atoms with Crippen LogP contribution in [0.25, 0.3) is 0 Å². The van der Waals surface area contributed by atoms with Gasteiger partial charge in [-0.3, -0.25) is 0 Å². The summed E-state index contributed by atoms with van der Waals surface area (Å²) >= 11 is 1.99. The summed E-state index contributed by atoms with van der Waals surface area (Å²) in [4.78, 5) is 0. The summed E-state index contributed by atoms with van der Waals surface area (Å²) in [5.74, 6) is 1.22. The lowest BCUT2D eigenvalue weighted by Gasteiger charge is -1.89. The highest BCUT2D eigenvalue weighted by Crippen LogP contribution is 2.17. The van der Waals surface area contributed by atoms with Crippen LogP contribution in [0.1, 0.15) is 6.92 Å². The van der Waals surface area contributed by atoms with E-state index in [0.717, 1.165) is 5.25 Å². The average molecular weight is 100 g/mol. The highest BCUT2D eigenvalue weighted by atomic mass is 32.2. The van der Waals surface area contributed by atoms with Crippen LogP contribution in [0.2, 0.25) is 0 Å². The maximum atomic E-state index is 2.24. The van der Waals surface area contributed by atoms with Gasteiger partial charge in [-0.05, 0) is 6.92 Å². The Kier molecular flexibility index (Phi) is 1.20. The Balaban J connectivity index is 2.38. The summed E-state index contributed by atoms with van der Waals surface area (Å²) in [6, 6.07) is 0. The molecular weight excluding hydrogens is 92.1 g/mol. The predicted octanol–water partition coefficient (Wildman–Crippen LogP) is 1.68. The Morgan fingerprint density at radius 2 is 2.67 bits per heavy atom. The summed E-state index contributed by atoms with van der Waals surface area (Å²) in [6.45, 7) is 2.22. The predicted molar refractivity (Wildman–Crippen MR) is 31.1 cm³/mol. The third kappa shape index (κ3) is 0.777. The van der Waals surface area contributed by atoms with Crippen molar-refractivity contribution in [2.45, 2.75) is 12.2 Å². The zero-order valence-electron chi connectivity index (χ0n) is 3.85. The van der Waals surface area contributed by atoms with Crippen LogP contribution < -0.4 is 0 Å².